The maximum Gasteiger partial charge on any atom is 0.338 e. The molecule has 0 atom stereocenters. The minimum absolute atomic E-state index is 0.306. The summed E-state index contributed by atoms with van der Waals surface area (Å²) in [5.74, 6) is -0.273. The van der Waals surface area contributed by atoms with Crippen LogP contribution in [0.4, 0.5) is 0 Å². The monoisotopic (exact) mass is 428 g/mol. The number of aliphatic hydroxyl groups is 1. The maximum absolute atomic E-state index is 12.5. The zero-order chi connectivity index (χ0) is 23.5. The lowest BCUT2D eigenvalue weighted by Crippen LogP contribution is -2.31. The molecule has 0 amide bonds. The molecule has 3 aromatic rings. The minimum Gasteiger partial charge on any atom is -0.423 e. The van der Waals surface area contributed by atoms with Crippen molar-refractivity contribution in [1.82, 2.24) is 0 Å². The van der Waals surface area contributed by atoms with E-state index < -0.39 is 11.6 Å². The summed E-state index contributed by atoms with van der Waals surface area (Å²) in [6.45, 7) is 10.3. The molecule has 0 unspecified atom stereocenters. The van der Waals surface area contributed by atoms with Crippen LogP contribution in [0.3, 0.4) is 0 Å². The Morgan fingerprint density at radius 1 is 0.938 bits per heavy atom. The Morgan fingerprint density at radius 3 is 2.16 bits per heavy atom. The molecule has 32 heavy (non-hydrogen) atoms. The number of aryl methyl sites for hydroxylation is 1. The summed E-state index contributed by atoms with van der Waals surface area (Å²) in [5, 5.41) is 10.1. The number of ketones is 1. The van der Waals surface area contributed by atoms with E-state index in [2.05, 4.69) is 25.6 Å². The van der Waals surface area contributed by atoms with Crippen LogP contribution in [0.15, 0.2) is 78.9 Å². The smallest absolute Gasteiger partial charge is 0.338 e. The Kier molecular flexibility index (Phi) is 6.75. The summed E-state index contributed by atoms with van der Waals surface area (Å²) in [4.78, 5) is 24.2. The van der Waals surface area contributed by atoms with Crippen LogP contribution in [-0.2, 0) is 11.2 Å². The van der Waals surface area contributed by atoms with Gasteiger partial charge in [0.15, 0.2) is 5.78 Å². The van der Waals surface area contributed by atoms with Crippen molar-refractivity contribution in [3.63, 3.8) is 0 Å². The Bertz CT molecular complexity index is 1160. The van der Waals surface area contributed by atoms with Gasteiger partial charge in [-0.1, -0.05) is 62.0 Å². The molecule has 0 aliphatic carbocycles. The van der Waals surface area contributed by atoms with Crippen LogP contribution >= 0.6 is 0 Å². The predicted molar refractivity (Wildman–Crippen MR) is 128 cm³/mol. The van der Waals surface area contributed by atoms with E-state index >= 15 is 0 Å². The molecule has 1 N–H and O–H groups in total. The summed E-state index contributed by atoms with van der Waals surface area (Å²) < 4.78 is 5.27. The fraction of sp³-hybridized carbons (Fsp3) is 0.214. The molecule has 0 aromatic heterocycles. The topological polar surface area (TPSA) is 63.6 Å². The first-order chi connectivity index (χ1) is 15.1. The fourth-order valence-corrected chi connectivity index (χ4v) is 3.44. The van der Waals surface area contributed by atoms with Crippen LogP contribution in [0.2, 0.25) is 0 Å². The molecular weight excluding hydrogens is 400 g/mol. The molecule has 3 aromatic carbocycles. The van der Waals surface area contributed by atoms with Gasteiger partial charge in [0.2, 0.25) is 0 Å². The van der Waals surface area contributed by atoms with Crippen molar-refractivity contribution in [1.29, 1.82) is 0 Å². The Labute approximate surface area is 189 Å². The molecule has 0 saturated heterocycles. The second-order valence-corrected chi connectivity index (χ2v) is 8.39. The number of hydrogen-bond acceptors (Lipinski definition) is 4. The van der Waals surface area contributed by atoms with E-state index in [0.29, 0.717) is 16.9 Å². The van der Waals surface area contributed by atoms with E-state index in [4.69, 9.17) is 4.74 Å². The van der Waals surface area contributed by atoms with Gasteiger partial charge in [-0.2, -0.15) is 0 Å². The van der Waals surface area contributed by atoms with Gasteiger partial charge >= 0.3 is 5.97 Å². The number of ether oxygens (including phenoxy) is 1. The lowest BCUT2D eigenvalue weighted by atomic mass is 9.91. The van der Waals surface area contributed by atoms with E-state index in [1.54, 1.807) is 25.1 Å². The summed E-state index contributed by atoms with van der Waals surface area (Å²) >= 11 is 0. The number of hydrogen-bond donors (Lipinski definition) is 1. The molecule has 0 saturated carbocycles. The average molecular weight is 429 g/mol. The molecule has 0 bridgehead atoms. The lowest BCUT2D eigenvalue weighted by molar-refractivity contribution is -0.130. The number of Topliss-reactive ketones (excluding diaryl/α,β-unsaturated/α-hetero) is 1. The zero-order valence-electron chi connectivity index (χ0n) is 18.9. The molecule has 0 fully saturated rings. The first-order valence-corrected chi connectivity index (χ1v) is 10.6. The third-order valence-corrected chi connectivity index (χ3v) is 5.22. The number of rotatable bonds is 7. The van der Waals surface area contributed by atoms with Gasteiger partial charge in [0.05, 0.1) is 0 Å². The van der Waals surface area contributed by atoms with Crippen molar-refractivity contribution >= 4 is 11.8 Å². The molecule has 4 heteroatoms. The molecule has 0 aliphatic rings. The molecule has 0 heterocycles. The SMILES string of the molecule is C=C(C)C(=O)Oc1ccc(-c2ccc(-c3cccc(C(=O)C(C)(C)O)c3)cc2CC)cc1. The molecule has 4 nitrogen and oxygen atoms in total. The van der Waals surface area contributed by atoms with Crippen LogP contribution in [0.1, 0.15) is 43.6 Å². The standard InChI is InChI=1S/C28H28O4/c1-6-19-16-22(21-8-7-9-23(17-21)26(29)28(4,5)31)12-15-25(19)20-10-13-24(14-11-20)32-27(30)18(2)3/h7-17,31H,2,6H2,1,3-5H3. The van der Waals surface area contributed by atoms with E-state index in [1.807, 2.05) is 36.4 Å². The number of carbonyl (C=O) groups excluding carboxylic acids is 2. The Balaban J connectivity index is 1.91. The van der Waals surface area contributed by atoms with Crippen molar-refractivity contribution in [3.8, 4) is 28.0 Å². The van der Waals surface area contributed by atoms with Gasteiger partial charge in [-0.05, 0) is 73.2 Å². The maximum atomic E-state index is 12.5. The Hall–Kier alpha value is -3.50. The lowest BCUT2D eigenvalue weighted by Gasteiger charge is -2.16. The van der Waals surface area contributed by atoms with Gasteiger partial charge in [-0.3, -0.25) is 4.79 Å². The average Bonchev–Trinajstić information content (AvgIpc) is 2.78. The van der Waals surface area contributed by atoms with Gasteiger partial charge in [0.1, 0.15) is 11.4 Å². The highest BCUT2D eigenvalue weighted by Crippen LogP contribution is 2.31. The summed E-state index contributed by atoms with van der Waals surface area (Å²) in [5.41, 5.74) is 4.62. The summed E-state index contributed by atoms with van der Waals surface area (Å²) in [6.07, 6.45) is 0.831. The van der Waals surface area contributed by atoms with Crippen molar-refractivity contribution in [2.75, 3.05) is 0 Å². The first kappa shape index (κ1) is 23.2. The third kappa shape index (κ3) is 5.21. The first-order valence-electron chi connectivity index (χ1n) is 10.6. The fourth-order valence-electron chi connectivity index (χ4n) is 3.44. The van der Waals surface area contributed by atoms with Crippen LogP contribution in [0.5, 0.6) is 5.75 Å². The van der Waals surface area contributed by atoms with Gasteiger partial charge in [0, 0.05) is 11.1 Å². The summed E-state index contributed by atoms with van der Waals surface area (Å²) in [7, 11) is 0. The molecule has 0 radical (unpaired) electrons. The highest BCUT2D eigenvalue weighted by atomic mass is 16.5. The van der Waals surface area contributed by atoms with Gasteiger partial charge in [-0.25, -0.2) is 4.79 Å². The quantitative estimate of drug-likeness (QED) is 0.216. The van der Waals surface area contributed by atoms with Gasteiger partial charge in [0.25, 0.3) is 0 Å². The van der Waals surface area contributed by atoms with Gasteiger partial charge in [-0.15, -0.1) is 0 Å². The number of esters is 1. The normalized spacial score (nSPS) is 11.2. The largest absolute Gasteiger partial charge is 0.423 e. The van der Waals surface area contributed by atoms with E-state index in [1.165, 1.54) is 13.8 Å². The van der Waals surface area contributed by atoms with Crippen LogP contribution in [-0.4, -0.2) is 22.5 Å². The second-order valence-electron chi connectivity index (χ2n) is 8.39. The van der Waals surface area contributed by atoms with Gasteiger partial charge < -0.3 is 9.84 Å². The Morgan fingerprint density at radius 2 is 1.56 bits per heavy atom. The number of carbonyl (C=O) groups is 2. The van der Waals surface area contributed by atoms with Crippen molar-refractivity contribution in [2.45, 2.75) is 39.7 Å². The minimum atomic E-state index is -1.41. The molecule has 3 rings (SSSR count). The highest BCUT2D eigenvalue weighted by molar-refractivity contribution is 6.02. The van der Waals surface area contributed by atoms with E-state index in [-0.39, 0.29) is 5.78 Å². The molecular formula is C28H28O4. The summed E-state index contributed by atoms with van der Waals surface area (Å²) in [6, 6.07) is 20.9. The van der Waals surface area contributed by atoms with Crippen molar-refractivity contribution in [3.05, 3.63) is 90.0 Å². The predicted octanol–water partition coefficient (Wildman–Crippen LogP) is 6.02. The van der Waals surface area contributed by atoms with Crippen LogP contribution < -0.4 is 4.74 Å². The third-order valence-electron chi connectivity index (χ3n) is 5.22. The van der Waals surface area contributed by atoms with E-state index in [0.717, 1.165) is 34.2 Å². The van der Waals surface area contributed by atoms with Crippen LogP contribution in [0, 0.1) is 0 Å². The second kappa shape index (κ2) is 9.33. The number of benzene rings is 3. The van der Waals surface area contributed by atoms with E-state index in [9.17, 15) is 14.7 Å². The van der Waals surface area contributed by atoms with Crippen molar-refractivity contribution < 1.29 is 19.4 Å². The zero-order valence-corrected chi connectivity index (χ0v) is 18.9. The molecule has 0 aliphatic heterocycles. The molecule has 0 spiro atoms. The van der Waals surface area contributed by atoms with Crippen LogP contribution in [0.25, 0.3) is 22.3 Å². The van der Waals surface area contributed by atoms with Crippen molar-refractivity contribution in [2.24, 2.45) is 0 Å². The highest BCUT2D eigenvalue weighted by Gasteiger charge is 2.25. The molecule has 164 valence electrons.